The van der Waals surface area contributed by atoms with E-state index in [1.165, 1.54) is 33.7 Å². The second kappa shape index (κ2) is 14.2. The molecule has 2 aromatic carbocycles. The fourth-order valence-corrected chi connectivity index (χ4v) is 11.4. The second-order valence-electron chi connectivity index (χ2n) is 14.5. The van der Waals surface area contributed by atoms with E-state index in [0.29, 0.717) is 31.4 Å². The summed E-state index contributed by atoms with van der Waals surface area (Å²) in [6, 6.07) is 11.9. The third-order valence-electron chi connectivity index (χ3n) is 11.4. The van der Waals surface area contributed by atoms with Crippen LogP contribution in [0.25, 0.3) is 0 Å². The Hall–Kier alpha value is -3.60. The molecule has 280 valence electrons. The van der Waals surface area contributed by atoms with Gasteiger partial charge in [0, 0.05) is 17.9 Å². The molecule has 8 atom stereocenters. The summed E-state index contributed by atoms with van der Waals surface area (Å²) in [6.07, 6.45) is 0.901. The number of ketones is 2. The van der Waals surface area contributed by atoms with E-state index in [9.17, 15) is 35.4 Å². The van der Waals surface area contributed by atoms with Gasteiger partial charge in [-0.1, -0.05) is 70.1 Å². The van der Waals surface area contributed by atoms with Crippen LogP contribution in [-0.2, 0) is 17.8 Å². The zero-order valence-electron chi connectivity index (χ0n) is 28.7. The van der Waals surface area contributed by atoms with E-state index in [1.807, 2.05) is 24.3 Å². The molecule has 14 heteroatoms. The summed E-state index contributed by atoms with van der Waals surface area (Å²) in [5.74, 6) is -1.44. The minimum absolute atomic E-state index is 0.0521. The van der Waals surface area contributed by atoms with Crippen molar-refractivity contribution in [3.05, 3.63) is 111 Å². The van der Waals surface area contributed by atoms with Crippen LogP contribution in [0.5, 0.6) is 5.75 Å². The van der Waals surface area contributed by atoms with Crippen molar-refractivity contribution in [3.8, 4) is 5.75 Å². The number of nitrogens with one attached hydrogen (secondary N) is 2. The van der Waals surface area contributed by atoms with Gasteiger partial charge in [-0.2, -0.15) is 0 Å². The van der Waals surface area contributed by atoms with Gasteiger partial charge in [0.1, 0.15) is 46.7 Å². The molecule has 2 aliphatic carbocycles. The maximum Gasteiger partial charge on any atom is 0.229 e. The van der Waals surface area contributed by atoms with Gasteiger partial charge in [0.05, 0.1) is 30.1 Å². The molecule has 8 bridgehead atoms. The van der Waals surface area contributed by atoms with Crippen molar-refractivity contribution in [2.45, 2.75) is 74.3 Å². The first kappa shape index (κ1) is 36.4. The summed E-state index contributed by atoms with van der Waals surface area (Å²) >= 11 is 0. The maximum absolute atomic E-state index is 15.1. The average molecular weight is 763 g/mol. The quantitative estimate of drug-likeness (QED) is 0.212. The Balaban J connectivity index is 1.23. The fraction of sp³-hybridized carbons (Fsp3) is 0.436. The highest BCUT2D eigenvalue weighted by Crippen LogP contribution is 2.54. The van der Waals surface area contributed by atoms with Crippen molar-refractivity contribution in [1.29, 1.82) is 0 Å². The largest absolute Gasteiger partial charge is 0.511 e. The molecule has 9 rings (SSSR count). The van der Waals surface area contributed by atoms with Crippen molar-refractivity contribution in [2.75, 3.05) is 18.9 Å². The Bertz CT molecular complexity index is 1960. The summed E-state index contributed by atoms with van der Waals surface area (Å²) in [5, 5.41) is 73.6. The number of benzene rings is 2. The average Bonchev–Trinajstić information content (AvgIpc) is 3.16. The number of allylic oxidation sites excluding steroid dienone is 6. The molecule has 1 fully saturated rings. The van der Waals surface area contributed by atoms with Gasteiger partial charge < -0.3 is 50.7 Å². The molecule has 1 saturated heterocycles. The standard InChI is InChI=1S/C39H42N2O10S2/c42-17-21-4-1-3-20(13-21)14-22-15-26-32(45)25-5-2-6-27-31(25)34(47)38(26,29(44)16-22)19-52-53-30-8-7-24-23(10-12-40-36(24)41-30)9-11-39(49)33(46)28(18-43)51-37(50-27)35(39)48/h1-6,10,13,15-16,26,28,30,33,35,37,40-44,46,48-49H,7-9,11-12,14,17-19H2/t26-,28-,30-,33-,35+,37-,38+,39+/m1/s1. The van der Waals surface area contributed by atoms with Crippen LogP contribution >= 0.6 is 21.6 Å². The Morgan fingerprint density at radius 1 is 1.02 bits per heavy atom. The number of aliphatic hydroxyl groups is 6. The summed E-state index contributed by atoms with van der Waals surface area (Å²) in [4.78, 5) is 29.7. The van der Waals surface area contributed by atoms with Gasteiger partial charge >= 0.3 is 0 Å². The number of carbonyl (C=O) groups is 2. The van der Waals surface area contributed by atoms with Crippen molar-refractivity contribution >= 4 is 33.2 Å². The van der Waals surface area contributed by atoms with E-state index in [1.54, 1.807) is 24.3 Å². The molecule has 1 spiro atoms. The van der Waals surface area contributed by atoms with E-state index in [2.05, 4.69) is 10.6 Å². The highest BCUT2D eigenvalue weighted by atomic mass is 33.1. The topological polar surface area (TPSA) is 198 Å². The van der Waals surface area contributed by atoms with Crippen LogP contribution in [0.2, 0.25) is 0 Å². The molecule has 2 aromatic rings. The smallest absolute Gasteiger partial charge is 0.229 e. The molecule has 5 aliphatic heterocycles. The van der Waals surface area contributed by atoms with Gasteiger partial charge in [0.15, 0.2) is 11.6 Å². The monoisotopic (exact) mass is 762 g/mol. The molecule has 53 heavy (non-hydrogen) atoms. The molecule has 0 saturated carbocycles. The SMILES string of the molecule is O=C1c2cccc3c2C(=O)[C@]2(CSS[C@@H]4CCC5=C(NCC=C5CC[C@]5(O)[C@H](O)[C@@H](CO)O[C@@H](O3)[C@@H]5O)N4)C(O)=CC(Cc3cccc(CO)c3)=C[C@H]12. The molecule has 7 aliphatic rings. The van der Waals surface area contributed by atoms with Gasteiger partial charge in [-0.3, -0.25) is 9.59 Å². The first-order valence-corrected chi connectivity index (χ1v) is 20.2. The van der Waals surface area contributed by atoms with Gasteiger partial charge in [0.25, 0.3) is 0 Å². The Kier molecular flexibility index (Phi) is 9.77. The molecular weight excluding hydrogens is 721 g/mol. The molecule has 8 N–H and O–H groups in total. The lowest BCUT2D eigenvalue weighted by atomic mass is 9.60. The lowest BCUT2D eigenvalue weighted by Gasteiger charge is -2.48. The number of aliphatic hydroxyl groups excluding tert-OH is 5. The van der Waals surface area contributed by atoms with E-state index in [-0.39, 0.29) is 46.8 Å². The van der Waals surface area contributed by atoms with Crippen LogP contribution in [0.3, 0.4) is 0 Å². The highest BCUT2D eigenvalue weighted by molar-refractivity contribution is 8.76. The number of rotatable bonds is 4. The zero-order valence-corrected chi connectivity index (χ0v) is 30.4. The van der Waals surface area contributed by atoms with E-state index >= 15 is 4.79 Å². The minimum atomic E-state index is -2.17. The van der Waals surface area contributed by atoms with E-state index in [0.717, 1.165) is 34.5 Å². The third-order valence-corrected chi connectivity index (χ3v) is 14.1. The lowest BCUT2D eigenvalue weighted by Crippen LogP contribution is -2.68. The van der Waals surface area contributed by atoms with Crippen LogP contribution in [0.15, 0.2) is 89.0 Å². The molecule has 12 nitrogen and oxygen atoms in total. The van der Waals surface area contributed by atoms with E-state index < -0.39 is 59.7 Å². The number of fused-ring (bicyclic) bond motifs is 4. The van der Waals surface area contributed by atoms with E-state index in [4.69, 9.17) is 9.47 Å². The maximum atomic E-state index is 15.1. The van der Waals surface area contributed by atoms with Crippen molar-refractivity contribution in [2.24, 2.45) is 11.3 Å². The van der Waals surface area contributed by atoms with Gasteiger partial charge in [-0.25, -0.2) is 0 Å². The van der Waals surface area contributed by atoms with Crippen molar-refractivity contribution < 1.29 is 49.7 Å². The number of dihydropyridines is 1. The molecular formula is C39H42N2O10S2. The van der Waals surface area contributed by atoms with Crippen molar-refractivity contribution in [1.82, 2.24) is 10.6 Å². The second-order valence-corrected chi connectivity index (χ2v) is 17.0. The number of ether oxygens (including phenoxy) is 2. The summed E-state index contributed by atoms with van der Waals surface area (Å²) in [5.41, 5.74) is 0.368. The first-order valence-electron chi connectivity index (χ1n) is 17.8. The van der Waals surface area contributed by atoms with Gasteiger partial charge in [-0.05, 0) is 72.1 Å². The lowest BCUT2D eigenvalue weighted by molar-refractivity contribution is -0.315. The van der Waals surface area contributed by atoms with Crippen molar-refractivity contribution in [3.63, 3.8) is 0 Å². The summed E-state index contributed by atoms with van der Waals surface area (Å²) in [6.45, 7) is -0.291. The highest BCUT2D eigenvalue weighted by Gasteiger charge is 2.59. The summed E-state index contributed by atoms with van der Waals surface area (Å²) in [7, 11) is 2.93. The predicted octanol–water partition coefficient (Wildman–Crippen LogP) is 2.96. The predicted molar refractivity (Wildman–Crippen MR) is 198 cm³/mol. The van der Waals surface area contributed by atoms with Gasteiger partial charge in [-0.15, -0.1) is 0 Å². The zero-order chi connectivity index (χ0) is 37.1. The molecule has 0 radical (unpaired) electrons. The first-order chi connectivity index (χ1) is 25.6. The third kappa shape index (κ3) is 6.13. The number of Topliss-reactive ketones (excluding diaryl/α,β-unsaturated/α-hetero) is 2. The van der Waals surface area contributed by atoms with Crippen LogP contribution in [0.4, 0.5) is 0 Å². The number of carbonyl (C=O) groups excluding carboxylic acids is 2. The Morgan fingerprint density at radius 2 is 1.83 bits per heavy atom. The fourth-order valence-electron chi connectivity index (χ4n) is 8.48. The Labute approximate surface area is 314 Å². The van der Waals surface area contributed by atoms with Crippen LogP contribution in [-0.4, -0.2) is 96.7 Å². The van der Waals surface area contributed by atoms with Crippen LogP contribution < -0.4 is 15.4 Å². The van der Waals surface area contributed by atoms with Crippen LogP contribution in [0.1, 0.15) is 57.5 Å². The number of hydrogen-bond donors (Lipinski definition) is 8. The summed E-state index contributed by atoms with van der Waals surface area (Å²) < 4.78 is 12.0. The molecule has 0 amide bonds. The number of hydrogen-bond acceptors (Lipinski definition) is 14. The van der Waals surface area contributed by atoms with Crippen LogP contribution in [0, 0.1) is 11.3 Å². The Morgan fingerprint density at radius 3 is 2.64 bits per heavy atom. The van der Waals surface area contributed by atoms with Gasteiger partial charge in [0.2, 0.25) is 6.29 Å². The minimum Gasteiger partial charge on any atom is -0.511 e. The molecule has 0 aromatic heterocycles. The normalized spacial score (nSPS) is 33.9. The molecule has 5 heterocycles. The molecule has 0 unspecified atom stereocenters.